The van der Waals surface area contributed by atoms with Gasteiger partial charge in [-0.15, -0.1) is 10.2 Å². The van der Waals surface area contributed by atoms with Crippen LogP contribution >= 0.6 is 11.6 Å². The predicted molar refractivity (Wildman–Crippen MR) is 63.7 cm³/mol. The molecule has 1 atom stereocenters. The highest BCUT2D eigenvalue weighted by Gasteiger charge is 2.15. The van der Waals surface area contributed by atoms with Gasteiger partial charge in [-0.05, 0) is 29.3 Å². The zero-order valence-corrected chi connectivity index (χ0v) is 10.4. The maximum absolute atomic E-state index is 10.1. The Bertz CT molecular complexity index is 526. The number of aromatic nitrogens is 4. The minimum atomic E-state index is -0.669. The van der Waals surface area contributed by atoms with E-state index in [0.29, 0.717) is 17.3 Å². The summed E-state index contributed by atoms with van der Waals surface area (Å²) in [5, 5.41) is 22.4. The summed E-state index contributed by atoms with van der Waals surface area (Å²) in [6.45, 7) is 1.88. The van der Waals surface area contributed by atoms with Crippen LogP contribution in [0.15, 0.2) is 18.2 Å². The van der Waals surface area contributed by atoms with Crippen LogP contribution in [0.2, 0.25) is 5.02 Å². The topological polar surface area (TPSA) is 63.8 Å². The fraction of sp³-hybridized carbons (Fsp3) is 0.364. The first kappa shape index (κ1) is 12.0. The average molecular weight is 253 g/mol. The van der Waals surface area contributed by atoms with Gasteiger partial charge in [-0.3, -0.25) is 0 Å². The molecule has 90 valence electrons. The van der Waals surface area contributed by atoms with Gasteiger partial charge >= 0.3 is 0 Å². The van der Waals surface area contributed by atoms with Crippen LogP contribution in [0.4, 0.5) is 0 Å². The van der Waals surface area contributed by atoms with E-state index in [2.05, 4.69) is 15.4 Å². The van der Waals surface area contributed by atoms with E-state index < -0.39 is 6.10 Å². The average Bonchev–Trinajstić information content (AvgIpc) is 2.68. The molecule has 1 N–H and O–H groups in total. The fourth-order valence-corrected chi connectivity index (χ4v) is 1.85. The third-order valence-electron chi connectivity index (χ3n) is 2.59. The van der Waals surface area contributed by atoms with E-state index in [1.165, 1.54) is 4.80 Å². The molecule has 2 aromatic rings. The van der Waals surface area contributed by atoms with Crippen LogP contribution in [0.5, 0.6) is 0 Å². The van der Waals surface area contributed by atoms with E-state index in [1.807, 2.05) is 19.1 Å². The third kappa shape index (κ3) is 2.62. The molecular formula is C11H13ClN4O. The largest absolute Gasteiger partial charge is 0.388 e. The highest BCUT2D eigenvalue weighted by atomic mass is 35.5. The van der Waals surface area contributed by atoms with Crippen LogP contribution in [0, 0.1) is 6.92 Å². The van der Waals surface area contributed by atoms with E-state index in [0.717, 1.165) is 11.1 Å². The summed E-state index contributed by atoms with van der Waals surface area (Å²) in [7, 11) is 1.69. The third-order valence-corrected chi connectivity index (χ3v) is 3.00. The number of benzene rings is 1. The Morgan fingerprint density at radius 3 is 2.88 bits per heavy atom. The molecule has 0 amide bonds. The van der Waals surface area contributed by atoms with E-state index in [4.69, 9.17) is 11.6 Å². The van der Waals surface area contributed by atoms with Crippen molar-refractivity contribution in [1.29, 1.82) is 0 Å². The second-order valence-corrected chi connectivity index (χ2v) is 4.28. The van der Waals surface area contributed by atoms with Gasteiger partial charge in [-0.1, -0.05) is 23.7 Å². The lowest BCUT2D eigenvalue weighted by atomic mass is 10.0. The van der Waals surface area contributed by atoms with Gasteiger partial charge in [0, 0.05) is 11.4 Å². The van der Waals surface area contributed by atoms with Crippen LogP contribution in [0.1, 0.15) is 23.1 Å². The van der Waals surface area contributed by atoms with Crippen molar-refractivity contribution >= 4 is 11.6 Å². The SMILES string of the molecule is Cc1c(Cl)cccc1C(O)Cc1nnn(C)n1. The molecule has 5 nitrogen and oxygen atoms in total. The maximum atomic E-state index is 10.1. The molecule has 0 bridgehead atoms. The first-order valence-electron chi connectivity index (χ1n) is 5.24. The number of nitrogens with zero attached hydrogens (tertiary/aromatic N) is 4. The lowest BCUT2D eigenvalue weighted by Crippen LogP contribution is -2.06. The Morgan fingerprint density at radius 2 is 2.24 bits per heavy atom. The van der Waals surface area contributed by atoms with Gasteiger partial charge in [0.25, 0.3) is 0 Å². The number of rotatable bonds is 3. The zero-order valence-electron chi connectivity index (χ0n) is 9.63. The van der Waals surface area contributed by atoms with Crippen LogP contribution in [0.3, 0.4) is 0 Å². The molecule has 0 aliphatic carbocycles. The van der Waals surface area contributed by atoms with E-state index in [-0.39, 0.29) is 0 Å². The molecule has 0 fully saturated rings. The quantitative estimate of drug-likeness (QED) is 0.898. The molecule has 0 saturated heterocycles. The Balaban J connectivity index is 2.20. The van der Waals surface area contributed by atoms with E-state index in [9.17, 15) is 5.11 Å². The minimum absolute atomic E-state index is 0.328. The molecule has 1 aromatic heterocycles. The van der Waals surface area contributed by atoms with Crippen molar-refractivity contribution in [2.24, 2.45) is 7.05 Å². The molecule has 1 aromatic carbocycles. The molecule has 17 heavy (non-hydrogen) atoms. The summed E-state index contributed by atoms with van der Waals surface area (Å²) in [4.78, 5) is 1.37. The summed E-state index contributed by atoms with van der Waals surface area (Å²) >= 11 is 6.01. The molecule has 1 heterocycles. The predicted octanol–water partition coefficient (Wildman–Crippen LogP) is 1.45. The Morgan fingerprint density at radius 1 is 1.47 bits per heavy atom. The van der Waals surface area contributed by atoms with Gasteiger partial charge in [0.05, 0.1) is 13.2 Å². The molecule has 0 saturated carbocycles. The molecule has 6 heteroatoms. The van der Waals surface area contributed by atoms with Crippen molar-refractivity contribution in [1.82, 2.24) is 20.2 Å². The summed E-state index contributed by atoms with van der Waals surface area (Å²) in [6.07, 6.45) is -0.340. The Hall–Kier alpha value is -1.46. The number of hydrogen-bond acceptors (Lipinski definition) is 4. The van der Waals surface area contributed by atoms with Gasteiger partial charge in [0.15, 0.2) is 5.82 Å². The van der Waals surface area contributed by atoms with Crippen molar-refractivity contribution in [3.63, 3.8) is 0 Å². The second-order valence-electron chi connectivity index (χ2n) is 3.87. The highest BCUT2D eigenvalue weighted by Crippen LogP contribution is 2.25. The summed E-state index contributed by atoms with van der Waals surface area (Å²) < 4.78 is 0. The van der Waals surface area contributed by atoms with Gasteiger partial charge < -0.3 is 5.11 Å². The van der Waals surface area contributed by atoms with Gasteiger partial charge in [0.2, 0.25) is 0 Å². The molecule has 0 aliphatic heterocycles. The number of tetrazole rings is 1. The maximum Gasteiger partial charge on any atom is 0.177 e. The van der Waals surface area contributed by atoms with Crippen LogP contribution < -0.4 is 0 Å². The van der Waals surface area contributed by atoms with Gasteiger partial charge in [-0.2, -0.15) is 4.80 Å². The number of halogens is 1. The number of aliphatic hydroxyl groups is 1. The molecule has 2 rings (SSSR count). The first-order chi connectivity index (χ1) is 8.08. The molecule has 0 spiro atoms. The van der Waals surface area contributed by atoms with Crippen molar-refractivity contribution in [2.75, 3.05) is 0 Å². The Kier molecular flexibility index (Phi) is 3.40. The number of hydrogen-bond donors (Lipinski definition) is 1. The van der Waals surface area contributed by atoms with Crippen molar-refractivity contribution in [2.45, 2.75) is 19.4 Å². The highest BCUT2D eigenvalue weighted by molar-refractivity contribution is 6.31. The lowest BCUT2D eigenvalue weighted by molar-refractivity contribution is 0.175. The smallest absolute Gasteiger partial charge is 0.177 e. The van der Waals surface area contributed by atoms with E-state index in [1.54, 1.807) is 13.1 Å². The summed E-state index contributed by atoms with van der Waals surface area (Å²) in [6, 6.07) is 5.47. The summed E-state index contributed by atoms with van der Waals surface area (Å²) in [5.41, 5.74) is 1.68. The Labute approximate surface area is 104 Å². The van der Waals surface area contributed by atoms with Crippen LogP contribution in [-0.2, 0) is 13.5 Å². The molecule has 0 aliphatic rings. The molecule has 1 unspecified atom stereocenters. The molecule has 0 radical (unpaired) electrons. The normalized spacial score (nSPS) is 12.7. The molecular weight excluding hydrogens is 240 g/mol. The standard InChI is InChI=1S/C11H13ClN4O/c1-7-8(4-3-5-9(7)12)10(17)6-11-13-15-16(2)14-11/h3-5,10,17H,6H2,1-2H3. The van der Waals surface area contributed by atoms with Crippen LogP contribution in [-0.4, -0.2) is 25.3 Å². The van der Waals surface area contributed by atoms with Crippen LogP contribution in [0.25, 0.3) is 0 Å². The lowest BCUT2D eigenvalue weighted by Gasteiger charge is -2.12. The van der Waals surface area contributed by atoms with Gasteiger partial charge in [-0.25, -0.2) is 0 Å². The van der Waals surface area contributed by atoms with Gasteiger partial charge in [0.1, 0.15) is 0 Å². The number of aryl methyl sites for hydroxylation is 1. The minimum Gasteiger partial charge on any atom is -0.388 e. The zero-order chi connectivity index (χ0) is 12.4. The van der Waals surface area contributed by atoms with Crippen molar-refractivity contribution in [3.05, 3.63) is 40.2 Å². The summed E-state index contributed by atoms with van der Waals surface area (Å²) in [5.74, 6) is 0.513. The second kappa shape index (κ2) is 4.81. The first-order valence-corrected chi connectivity index (χ1v) is 5.61. The number of aliphatic hydroxyl groups excluding tert-OH is 1. The van der Waals surface area contributed by atoms with E-state index >= 15 is 0 Å². The van der Waals surface area contributed by atoms with Crippen molar-refractivity contribution < 1.29 is 5.11 Å². The van der Waals surface area contributed by atoms with Crippen molar-refractivity contribution in [3.8, 4) is 0 Å². The fourth-order valence-electron chi connectivity index (χ4n) is 1.67. The monoisotopic (exact) mass is 252 g/mol.